The van der Waals surface area contributed by atoms with E-state index in [0.717, 1.165) is 10.0 Å². The molecule has 0 bridgehead atoms. The van der Waals surface area contributed by atoms with E-state index < -0.39 is 0 Å². The molecule has 0 spiro atoms. The summed E-state index contributed by atoms with van der Waals surface area (Å²) in [7, 11) is 1.67. The molecule has 0 aliphatic heterocycles. The molecule has 0 atom stereocenters. The highest BCUT2D eigenvalue weighted by Gasteiger charge is 2.18. The van der Waals surface area contributed by atoms with Gasteiger partial charge in [0.25, 0.3) is 0 Å². The smallest absolute Gasteiger partial charge is 0.315 e. The first-order chi connectivity index (χ1) is 9.61. The topological polar surface area (TPSA) is 67.2 Å². The van der Waals surface area contributed by atoms with E-state index in [9.17, 15) is 10.1 Å². The van der Waals surface area contributed by atoms with Crippen LogP contribution >= 0.6 is 15.9 Å². The monoisotopic (exact) mass is 335 g/mol. The Bertz CT molecular complexity index is 614. The Balaban J connectivity index is 2.21. The molecule has 0 aliphatic carbocycles. The van der Waals surface area contributed by atoms with E-state index in [1.807, 2.05) is 24.3 Å². The zero-order chi connectivity index (χ0) is 14.5. The first kappa shape index (κ1) is 14.3. The Labute approximate surface area is 125 Å². The summed E-state index contributed by atoms with van der Waals surface area (Å²) < 4.78 is 1.00. The molecule has 0 aliphatic rings. The summed E-state index contributed by atoms with van der Waals surface area (Å²) in [4.78, 5) is 10.8. The lowest BCUT2D eigenvalue weighted by molar-refractivity contribution is -0.383. The number of nitro groups is 1. The number of hydrogen-bond acceptors (Lipinski definition) is 4. The van der Waals surface area contributed by atoms with Gasteiger partial charge in [-0.2, -0.15) is 0 Å². The van der Waals surface area contributed by atoms with Crippen LogP contribution in [0.15, 0.2) is 46.9 Å². The van der Waals surface area contributed by atoms with Crippen molar-refractivity contribution in [2.45, 2.75) is 6.54 Å². The molecule has 0 saturated heterocycles. The van der Waals surface area contributed by atoms with Crippen molar-refractivity contribution in [3.8, 4) is 0 Å². The Morgan fingerprint density at radius 2 is 1.80 bits per heavy atom. The number of nitrogens with one attached hydrogen (secondary N) is 2. The summed E-state index contributed by atoms with van der Waals surface area (Å²) >= 11 is 3.37. The fourth-order valence-electron chi connectivity index (χ4n) is 1.88. The molecule has 0 unspecified atom stereocenters. The number of nitro benzene ring substituents is 1. The zero-order valence-corrected chi connectivity index (χ0v) is 12.5. The molecule has 0 heterocycles. The number of nitrogens with zero attached hydrogens (tertiary/aromatic N) is 1. The molecule has 2 N–H and O–H groups in total. The van der Waals surface area contributed by atoms with Gasteiger partial charge in [-0.05, 0) is 29.8 Å². The van der Waals surface area contributed by atoms with Crippen LogP contribution in [0, 0.1) is 10.1 Å². The minimum absolute atomic E-state index is 0.0621. The predicted molar refractivity (Wildman–Crippen MR) is 84.1 cm³/mol. The quantitative estimate of drug-likeness (QED) is 0.639. The van der Waals surface area contributed by atoms with Crippen LogP contribution in [0.1, 0.15) is 5.56 Å². The van der Waals surface area contributed by atoms with Crippen molar-refractivity contribution in [2.24, 2.45) is 0 Å². The van der Waals surface area contributed by atoms with Gasteiger partial charge in [-0.25, -0.2) is 0 Å². The molecule has 0 saturated carbocycles. The first-order valence-electron chi connectivity index (χ1n) is 6.05. The average Bonchev–Trinajstić information content (AvgIpc) is 2.46. The van der Waals surface area contributed by atoms with E-state index in [2.05, 4.69) is 26.6 Å². The van der Waals surface area contributed by atoms with Crippen molar-refractivity contribution < 1.29 is 4.92 Å². The van der Waals surface area contributed by atoms with Gasteiger partial charge in [0.05, 0.1) is 4.92 Å². The fourth-order valence-corrected chi connectivity index (χ4v) is 2.15. The second kappa shape index (κ2) is 6.38. The molecule has 2 rings (SSSR count). The number of halogens is 1. The second-order valence-electron chi connectivity index (χ2n) is 4.19. The molecule has 6 heteroatoms. The molecule has 2 aromatic rings. The summed E-state index contributed by atoms with van der Waals surface area (Å²) in [5.74, 6) is 0. The normalized spacial score (nSPS) is 10.1. The van der Waals surface area contributed by atoms with Gasteiger partial charge < -0.3 is 10.6 Å². The van der Waals surface area contributed by atoms with Crippen LogP contribution in [-0.4, -0.2) is 12.0 Å². The Morgan fingerprint density at radius 3 is 2.40 bits per heavy atom. The highest BCUT2D eigenvalue weighted by Crippen LogP contribution is 2.32. The van der Waals surface area contributed by atoms with Gasteiger partial charge in [0, 0.05) is 18.1 Å². The third kappa shape index (κ3) is 3.27. The van der Waals surface area contributed by atoms with Crippen molar-refractivity contribution in [3.05, 3.63) is 62.6 Å². The second-order valence-corrected chi connectivity index (χ2v) is 5.10. The molecule has 104 valence electrons. The zero-order valence-electron chi connectivity index (χ0n) is 10.9. The molecule has 20 heavy (non-hydrogen) atoms. The van der Waals surface area contributed by atoms with Gasteiger partial charge in [-0.3, -0.25) is 10.1 Å². The third-order valence-electron chi connectivity index (χ3n) is 2.88. The van der Waals surface area contributed by atoms with Crippen molar-refractivity contribution in [2.75, 3.05) is 17.7 Å². The average molecular weight is 336 g/mol. The summed E-state index contributed by atoms with van der Waals surface area (Å²) in [6, 6.07) is 13.0. The van der Waals surface area contributed by atoms with Gasteiger partial charge in [0.2, 0.25) is 0 Å². The summed E-state index contributed by atoms with van der Waals surface area (Å²) in [6.07, 6.45) is 0. The van der Waals surface area contributed by atoms with Crippen LogP contribution in [-0.2, 0) is 6.54 Å². The Morgan fingerprint density at radius 1 is 1.15 bits per heavy atom. The van der Waals surface area contributed by atoms with Gasteiger partial charge in [-0.1, -0.05) is 34.1 Å². The maximum Gasteiger partial charge on any atom is 0.315 e. The van der Waals surface area contributed by atoms with Gasteiger partial charge >= 0.3 is 5.69 Å². The molecular weight excluding hydrogens is 322 g/mol. The maximum atomic E-state index is 11.2. The highest BCUT2D eigenvalue weighted by atomic mass is 79.9. The molecular formula is C14H14BrN3O2. The van der Waals surface area contributed by atoms with E-state index in [4.69, 9.17) is 0 Å². The van der Waals surface area contributed by atoms with E-state index in [0.29, 0.717) is 17.9 Å². The summed E-state index contributed by atoms with van der Waals surface area (Å²) in [5.41, 5.74) is 2.12. The maximum absolute atomic E-state index is 11.2. The first-order valence-corrected chi connectivity index (χ1v) is 6.84. The molecule has 5 nitrogen and oxygen atoms in total. The van der Waals surface area contributed by atoms with E-state index in [-0.39, 0.29) is 10.6 Å². The van der Waals surface area contributed by atoms with Crippen LogP contribution in [0.2, 0.25) is 0 Å². The minimum atomic E-state index is -0.379. The number of rotatable bonds is 5. The van der Waals surface area contributed by atoms with Gasteiger partial charge in [0.15, 0.2) is 0 Å². The number of para-hydroxylation sites is 1. The lowest BCUT2D eigenvalue weighted by Gasteiger charge is -2.10. The lowest BCUT2D eigenvalue weighted by Crippen LogP contribution is -2.04. The third-order valence-corrected chi connectivity index (χ3v) is 3.41. The molecule has 0 aromatic heterocycles. The van der Waals surface area contributed by atoms with E-state index in [1.165, 1.54) is 0 Å². The SMILES string of the molecule is CNc1cccc(NCc2ccc(Br)cc2)c1[N+](=O)[O-]. The summed E-state index contributed by atoms with van der Waals surface area (Å²) in [5, 5.41) is 17.1. The number of hydrogen-bond donors (Lipinski definition) is 2. The van der Waals surface area contributed by atoms with E-state index in [1.54, 1.807) is 25.2 Å². The van der Waals surface area contributed by atoms with Crippen molar-refractivity contribution in [3.63, 3.8) is 0 Å². The highest BCUT2D eigenvalue weighted by molar-refractivity contribution is 9.10. The molecule has 0 amide bonds. The summed E-state index contributed by atoms with van der Waals surface area (Å²) in [6.45, 7) is 0.529. The largest absolute Gasteiger partial charge is 0.382 e. The number of anilines is 2. The van der Waals surface area contributed by atoms with E-state index >= 15 is 0 Å². The van der Waals surface area contributed by atoms with Crippen LogP contribution < -0.4 is 10.6 Å². The standard InChI is InChI=1S/C14H14BrN3O2/c1-16-12-3-2-4-13(14(12)18(19)20)17-9-10-5-7-11(15)8-6-10/h2-8,16-17H,9H2,1H3. The van der Waals surface area contributed by atoms with Gasteiger partial charge in [0.1, 0.15) is 11.4 Å². The molecule has 0 radical (unpaired) electrons. The van der Waals surface area contributed by atoms with Crippen molar-refractivity contribution in [1.29, 1.82) is 0 Å². The van der Waals surface area contributed by atoms with Gasteiger partial charge in [-0.15, -0.1) is 0 Å². The fraction of sp³-hybridized carbons (Fsp3) is 0.143. The Hall–Kier alpha value is -2.08. The van der Waals surface area contributed by atoms with Crippen molar-refractivity contribution >= 4 is 33.0 Å². The predicted octanol–water partition coefficient (Wildman–Crippen LogP) is 4.01. The molecule has 0 fully saturated rings. The number of benzene rings is 2. The van der Waals surface area contributed by atoms with Crippen LogP contribution in [0.4, 0.5) is 17.1 Å². The van der Waals surface area contributed by atoms with Crippen LogP contribution in [0.25, 0.3) is 0 Å². The lowest BCUT2D eigenvalue weighted by atomic mass is 10.2. The Kier molecular flexibility index (Phi) is 4.57. The minimum Gasteiger partial charge on any atom is -0.382 e. The van der Waals surface area contributed by atoms with Crippen molar-refractivity contribution in [1.82, 2.24) is 0 Å². The molecule has 2 aromatic carbocycles. The van der Waals surface area contributed by atoms with Crippen LogP contribution in [0.3, 0.4) is 0 Å². The van der Waals surface area contributed by atoms with Crippen LogP contribution in [0.5, 0.6) is 0 Å².